The van der Waals surface area contributed by atoms with E-state index in [-0.39, 0.29) is 6.23 Å². The van der Waals surface area contributed by atoms with E-state index in [2.05, 4.69) is 53.5 Å². The molecule has 0 amide bonds. The number of fused-ring (bicyclic) bond motifs is 3. The molecule has 0 aliphatic carbocycles. The number of rotatable bonds is 4. The third-order valence-electron chi connectivity index (χ3n) is 4.63. The summed E-state index contributed by atoms with van der Waals surface area (Å²) in [6, 6.07) is 14.6. The molecule has 0 radical (unpaired) electrons. The van der Waals surface area contributed by atoms with E-state index in [1.807, 2.05) is 30.0 Å². The van der Waals surface area contributed by atoms with Crippen LogP contribution < -0.4 is 9.64 Å². The Morgan fingerprint density at radius 2 is 2.00 bits per heavy atom. The molecule has 128 valence electrons. The summed E-state index contributed by atoms with van der Waals surface area (Å²) < 4.78 is 11.1. The minimum absolute atomic E-state index is 0.132. The number of nitrogens with zero attached hydrogens (tertiary/aromatic N) is 1. The number of methoxy groups -OCH3 is 2. The van der Waals surface area contributed by atoms with Gasteiger partial charge < -0.3 is 14.4 Å². The standard InChI is InChI=1S/C21H21NO2S/c1-23-19-6-4-3-5-17(19)10-8-15-7-9-16-11-12-21-22(18(16)13-15)20(24-2)14-25-21/h3-13,20-21H,14H2,1-2H3/b10-8+. The highest BCUT2D eigenvalue weighted by Crippen LogP contribution is 2.41. The molecule has 0 saturated carbocycles. The molecular formula is C21H21NO2S. The van der Waals surface area contributed by atoms with Gasteiger partial charge in [0.2, 0.25) is 0 Å². The maximum atomic E-state index is 5.67. The first-order valence-electron chi connectivity index (χ1n) is 8.36. The van der Waals surface area contributed by atoms with Gasteiger partial charge in [0.1, 0.15) is 12.0 Å². The molecule has 0 aromatic heterocycles. The summed E-state index contributed by atoms with van der Waals surface area (Å²) in [7, 11) is 3.49. The predicted octanol–water partition coefficient (Wildman–Crippen LogP) is 4.74. The topological polar surface area (TPSA) is 21.7 Å². The number of thioether (sulfide) groups is 1. The molecule has 0 N–H and O–H groups in total. The van der Waals surface area contributed by atoms with Crippen LogP contribution in [0.25, 0.3) is 18.2 Å². The summed E-state index contributed by atoms with van der Waals surface area (Å²) in [6.07, 6.45) is 8.85. The van der Waals surface area contributed by atoms with Gasteiger partial charge in [-0.05, 0) is 23.3 Å². The van der Waals surface area contributed by atoms with Crippen molar-refractivity contribution in [3.63, 3.8) is 0 Å². The Morgan fingerprint density at radius 3 is 2.84 bits per heavy atom. The van der Waals surface area contributed by atoms with Crippen molar-refractivity contribution in [3.05, 3.63) is 65.2 Å². The maximum Gasteiger partial charge on any atom is 0.140 e. The Morgan fingerprint density at radius 1 is 1.12 bits per heavy atom. The van der Waals surface area contributed by atoms with E-state index in [4.69, 9.17) is 9.47 Å². The van der Waals surface area contributed by atoms with Gasteiger partial charge in [-0.1, -0.05) is 54.6 Å². The summed E-state index contributed by atoms with van der Waals surface area (Å²) >= 11 is 1.92. The van der Waals surface area contributed by atoms with Crippen LogP contribution in [-0.4, -0.2) is 31.6 Å². The van der Waals surface area contributed by atoms with Gasteiger partial charge >= 0.3 is 0 Å². The highest BCUT2D eigenvalue weighted by Gasteiger charge is 2.35. The summed E-state index contributed by atoms with van der Waals surface area (Å²) in [6.45, 7) is 0. The lowest BCUT2D eigenvalue weighted by molar-refractivity contribution is 0.123. The van der Waals surface area contributed by atoms with E-state index in [0.717, 1.165) is 17.1 Å². The molecule has 1 saturated heterocycles. The molecule has 2 aromatic carbocycles. The normalized spacial score (nSPS) is 21.4. The van der Waals surface area contributed by atoms with Gasteiger partial charge in [0.15, 0.2) is 0 Å². The number of anilines is 1. The van der Waals surface area contributed by atoms with Crippen LogP contribution in [-0.2, 0) is 4.74 Å². The van der Waals surface area contributed by atoms with E-state index in [0.29, 0.717) is 5.37 Å². The van der Waals surface area contributed by atoms with Crippen molar-refractivity contribution in [1.82, 2.24) is 0 Å². The highest BCUT2D eigenvalue weighted by atomic mass is 32.2. The minimum Gasteiger partial charge on any atom is -0.496 e. The zero-order chi connectivity index (χ0) is 17.2. The van der Waals surface area contributed by atoms with Gasteiger partial charge in [-0.15, -0.1) is 11.8 Å². The molecule has 2 unspecified atom stereocenters. The zero-order valence-corrected chi connectivity index (χ0v) is 15.2. The van der Waals surface area contributed by atoms with Gasteiger partial charge in [0.05, 0.1) is 12.5 Å². The Hall–Kier alpha value is -2.17. The smallest absolute Gasteiger partial charge is 0.140 e. The zero-order valence-electron chi connectivity index (χ0n) is 14.4. The lowest BCUT2D eigenvalue weighted by atomic mass is 10.0. The average molecular weight is 351 g/mol. The fourth-order valence-corrected chi connectivity index (χ4v) is 4.59. The first kappa shape index (κ1) is 16.3. The lowest BCUT2D eigenvalue weighted by Gasteiger charge is -2.33. The SMILES string of the molecule is COc1ccccc1/C=C/c1ccc2c(c1)N1C(OC)CSC1C=C2. The van der Waals surface area contributed by atoms with Crippen molar-refractivity contribution in [3.8, 4) is 5.75 Å². The summed E-state index contributed by atoms with van der Waals surface area (Å²) in [5.41, 5.74) is 4.74. The Labute approximate surface area is 152 Å². The van der Waals surface area contributed by atoms with Gasteiger partial charge in [-0.3, -0.25) is 0 Å². The number of hydrogen-bond donors (Lipinski definition) is 0. The summed E-state index contributed by atoms with van der Waals surface area (Å²) in [4.78, 5) is 2.38. The molecule has 2 aromatic rings. The van der Waals surface area contributed by atoms with Crippen LogP contribution in [0.5, 0.6) is 5.75 Å². The molecule has 4 rings (SSSR count). The molecule has 0 spiro atoms. The van der Waals surface area contributed by atoms with Crippen molar-refractivity contribution in [2.75, 3.05) is 24.9 Å². The van der Waals surface area contributed by atoms with Crippen LogP contribution in [0.2, 0.25) is 0 Å². The van der Waals surface area contributed by atoms with Crippen molar-refractivity contribution in [1.29, 1.82) is 0 Å². The highest BCUT2D eigenvalue weighted by molar-refractivity contribution is 8.00. The molecule has 3 nitrogen and oxygen atoms in total. The average Bonchev–Trinajstić information content (AvgIpc) is 3.10. The van der Waals surface area contributed by atoms with Crippen molar-refractivity contribution >= 4 is 35.7 Å². The fourth-order valence-electron chi connectivity index (χ4n) is 3.33. The van der Waals surface area contributed by atoms with E-state index < -0.39 is 0 Å². The van der Waals surface area contributed by atoms with Crippen LogP contribution in [0.1, 0.15) is 16.7 Å². The monoisotopic (exact) mass is 351 g/mol. The van der Waals surface area contributed by atoms with Crippen LogP contribution in [0.15, 0.2) is 48.5 Å². The van der Waals surface area contributed by atoms with Crippen LogP contribution in [0.4, 0.5) is 5.69 Å². The van der Waals surface area contributed by atoms with Gasteiger partial charge in [0.25, 0.3) is 0 Å². The molecule has 2 aliphatic rings. The van der Waals surface area contributed by atoms with E-state index in [1.165, 1.54) is 16.8 Å². The van der Waals surface area contributed by atoms with Crippen molar-refractivity contribution < 1.29 is 9.47 Å². The quantitative estimate of drug-likeness (QED) is 0.742. The van der Waals surface area contributed by atoms with Crippen LogP contribution in [0.3, 0.4) is 0 Å². The van der Waals surface area contributed by atoms with Crippen molar-refractivity contribution in [2.24, 2.45) is 0 Å². The molecule has 2 aliphatic heterocycles. The van der Waals surface area contributed by atoms with Crippen LogP contribution in [0, 0.1) is 0 Å². The maximum absolute atomic E-state index is 5.67. The van der Waals surface area contributed by atoms with Gasteiger partial charge in [-0.25, -0.2) is 0 Å². The third kappa shape index (κ3) is 3.08. The first-order valence-corrected chi connectivity index (χ1v) is 9.41. The van der Waals surface area contributed by atoms with Gasteiger partial charge in [-0.2, -0.15) is 0 Å². The second-order valence-corrected chi connectivity index (χ2v) is 7.22. The lowest BCUT2D eigenvalue weighted by Crippen LogP contribution is -2.38. The molecule has 4 heteroatoms. The first-order chi connectivity index (χ1) is 12.3. The molecule has 2 heterocycles. The van der Waals surface area contributed by atoms with E-state index in [9.17, 15) is 0 Å². The Bertz CT molecular complexity index is 830. The molecule has 2 atom stereocenters. The molecule has 0 bridgehead atoms. The summed E-state index contributed by atoms with van der Waals surface area (Å²) in [5, 5.41) is 0.367. The van der Waals surface area contributed by atoms with Crippen LogP contribution >= 0.6 is 11.8 Å². The fraction of sp³-hybridized carbons (Fsp3) is 0.238. The Balaban J connectivity index is 1.66. The predicted molar refractivity (Wildman–Crippen MR) is 107 cm³/mol. The second-order valence-electron chi connectivity index (χ2n) is 6.07. The van der Waals surface area contributed by atoms with E-state index >= 15 is 0 Å². The molecule has 25 heavy (non-hydrogen) atoms. The van der Waals surface area contributed by atoms with Gasteiger partial charge in [0, 0.05) is 24.1 Å². The molecular weight excluding hydrogens is 330 g/mol. The number of hydrogen-bond acceptors (Lipinski definition) is 4. The number of ether oxygens (including phenoxy) is 2. The minimum atomic E-state index is 0.132. The summed E-state index contributed by atoms with van der Waals surface area (Å²) in [5.74, 6) is 1.88. The van der Waals surface area contributed by atoms with E-state index in [1.54, 1.807) is 14.2 Å². The Kier molecular flexibility index (Phi) is 4.55. The number of para-hydroxylation sites is 1. The third-order valence-corrected chi connectivity index (χ3v) is 5.84. The molecule has 1 fully saturated rings. The largest absolute Gasteiger partial charge is 0.496 e. The van der Waals surface area contributed by atoms with Crippen molar-refractivity contribution in [2.45, 2.75) is 11.6 Å². The number of benzene rings is 2. The second kappa shape index (κ2) is 6.98.